The van der Waals surface area contributed by atoms with E-state index in [0.29, 0.717) is 0 Å². The van der Waals surface area contributed by atoms with Crippen LogP contribution in [0, 0.1) is 12.3 Å². The second-order valence-electron chi connectivity index (χ2n) is 18.9. The molecule has 0 saturated heterocycles. The molecule has 0 unspecified atom stereocenters. The Labute approximate surface area is 309 Å². The van der Waals surface area contributed by atoms with Gasteiger partial charge in [-0.2, -0.15) is 0 Å². The fourth-order valence-electron chi connectivity index (χ4n) is 7.28. The van der Waals surface area contributed by atoms with Crippen LogP contribution in [0.3, 0.4) is 0 Å². The van der Waals surface area contributed by atoms with Crippen LogP contribution in [0.1, 0.15) is 143 Å². The normalized spacial score (nSPS) is 13.6. The molecule has 0 atom stereocenters. The van der Waals surface area contributed by atoms with Gasteiger partial charge in [0.15, 0.2) is 0 Å². The Morgan fingerprint density at radius 1 is 0.647 bits per heavy atom. The molecule has 0 aliphatic rings. The van der Waals surface area contributed by atoms with Crippen LogP contribution in [-0.4, -0.2) is 4.57 Å². The van der Waals surface area contributed by atoms with E-state index < -0.39 is 0 Å². The highest BCUT2D eigenvalue weighted by Crippen LogP contribution is 2.46. The first-order valence-electron chi connectivity index (χ1n) is 18.8. The van der Waals surface area contributed by atoms with Crippen LogP contribution in [-0.2, 0) is 21.7 Å². The molecule has 0 spiro atoms. The lowest BCUT2D eigenvalue weighted by atomic mass is 9.78. The third-order valence-electron chi connectivity index (χ3n) is 10.4. The van der Waals surface area contributed by atoms with Crippen LogP contribution in [0.2, 0.25) is 0 Å². The fraction of sp³-hybridized carbons (Fsp3) is 0.400. The number of nitrogens with zero attached hydrogens (tertiary/aromatic N) is 1. The monoisotopic (exact) mass is 675 g/mol. The third kappa shape index (κ3) is 7.39. The predicted molar refractivity (Wildman–Crippen MR) is 227 cm³/mol. The van der Waals surface area contributed by atoms with Gasteiger partial charge in [0, 0.05) is 16.5 Å². The van der Waals surface area contributed by atoms with Crippen molar-refractivity contribution in [2.45, 2.75) is 131 Å². The summed E-state index contributed by atoms with van der Waals surface area (Å²) in [4.78, 5) is 0. The molecule has 1 heterocycles. The summed E-state index contributed by atoms with van der Waals surface area (Å²) in [5, 5.41) is 2.62. The highest BCUT2D eigenvalue weighted by atomic mass is 15.0. The molecule has 1 heteroatoms. The predicted octanol–water partition coefficient (Wildman–Crippen LogP) is 14.4. The van der Waals surface area contributed by atoms with Crippen LogP contribution in [0.15, 0.2) is 85.0 Å². The van der Waals surface area contributed by atoms with Crippen LogP contribution in [0.25, 0.3) is 44.2 Å². The van der Waals surface area contributed by atoms with Gasteiger partial charge >= 0.3 is 0 Å². The van der Waals surface area contributed by atoms with Crippen molar-refractivity contribution in [3.63, 3.8) is 0 Å². The molecule has 0 bridgehead atoms. The van der Waals surface area contributed by atoms with Crippen molar-refractivity contribution in [2.24, 2.45) is 0 Å². The van der Waals surface area contributed by atoms with Gasteiger partial charge in [-0.25, -0.2) is 0 Å². The Kier molecular flexibility index (Phi) is 9.95. The summed E-state index contributed by atoms with van der Waals surface area (Å²) in [6.07, 6.45) is 11.8. The number of aromatic nitrogens is 1. The zero-order valence-electron chi connectivity index (χ0n) is 34.2. The minimum absolute atomic E-state index is 0.00285. The minimum atomic E-state index is -0.00285. The standard InChI is InChI=1S/C50H61N/c1-17-19-21-33(18-2)41-24-25-43-46(44(41)32(3)4)45-40(34-26-35(47(5,6)7)28-36(27-34)48(8,9)10)22-20-23-42(45)51(43)39-30-37(49(11,12)13)29-38(31-39)50(14,15)16/h1,18-32H,2-16H3/b21-19-,33-18+. The van der Waals surface area contributed by atoms with Gasteiger partial charge in [0.05, 0.1) is 11.0 Å². The molecule has 0 N–H and O–H groups in total. The highest BCUT2D eigenvalue weighted by molar-refractivity contribution is 6.18. The number of hydrogen-bond donors (Lipinski definition) is 0. The number of fused-ring (bicyclic) bond motifs is 3. The van der Waals surface area contributed by atoms with Crippen molar-refractivity contribution < 1.29 is 0 Å². The van der Waals surface area contributed by atoms with Crippen LogP contribution in [0.5, 0.6) is 0 Å². The maximum atomic E-state index is 5.73. The van der Waals surface area contributed by atoms with Crippen molar-refractivity contribution in [1.29, 1.82) is 0 Å². The zero-order valence-corrected chi connectivity index (χ0v) is 34.2. The molecule has 0 amide bonds. The Hall–Kier alpha value is -4.28. The van der Waals surface area contributed by atoms with Crippen LogP contribution < -0.4 is 0 Å². The van der Waals surface area contributed by atoms with Gasteiger partial charge in [0.25, 0.3) is 0 Å². The first-order chi connectivity index (χ1) is 23.6. The van der Waals surface area contributed by atoms with Crippen molar-refractivity contribution >= 4 is 27.4 Å². The van der Waals surface area contributed by atoms with Gasteiger partial charge < -0.3 is 4.57 Å². The molecule has 266 valence electrons. The summed E-state index contributed by atoms with van der Waals surface area (Å²) in [7, 11) is 0. The first kappa shape index (κ1) is 38.0. The van der Waals surface area contributed by atoms with Crippen molar-refractivity contribution in [3.05, 3.63) is 118 Å². The molecular formula is C50H61N. The quantitative estimate of drug-likeness (QED) is 0.129. The van der Waals surface area contributed by atoms with E-state index in [2.05, 4.69) is 193 Å². The average Bonchev–Trinajstić information content (AvgIpc) is 3.37. The van der Waals surface area contributed by atoms with Gasteiger partial charge in [0.1, 0.15) is 0 Å². The fourth-order valence-corrected chi connectivity index (χ4v) is 7.28. The van der Waals surface area contributed by atoms with E-state index >= 15 is 0 Å². The molecule has 0 aliphatic heterocycles. The lowest BCUT2D eigenvalue weighted by Gasteiger charge is -2.27. The van der Waals surface area contributed by atoms with Gasteiger partial charge in [-0.05, 0) is 121 Å². The molecule has 0 aliphatic carbocycles. The Balaban J connectivity index is 2.07. The summed E-state index contributed by atoms with van der Waals surface area (Å²) in [6, 6.07) is 26.2. The lowest BCUT2D eigenvalue weighted by Crippen LogP contribution is -2.17. The van der Waals surface area contributed by atoms with E-state index in [0.717, 1.165) is 5.57 Å². The minimum Gasteiger partial charge on any atom is -0.309 e. The summed E-state index contributed by atoms with van der Waals surface area (Å²) < 4.78 is 2.54. The zero-order chi connectivity index (χ0) is 37.8. The number of benzene rings is 4. The van der Waals surface area contributed by atoms with Crippen molar-refractivity contribution in [3.8, 4) is 29.2 Å². The highest BCUT2D eigenvalue weighted by Gasteiger charge is 2.27. The number of hydrogen-bond acceptors (Lipinski definition) is 0. The molecule has 0 saturated carbocycles. The molecule has 4 aromatic carbocycles. The molecule has 0 radical (unpaired) electrons. The second-order valence-corrected chi connectivity index (χ2v) is 18.9. The van der Waals surface area contributed by atoms with Crippen LogP contribution >= 0.6 is 0 Å². The van der Waals surface area contributed by atoms with Gasteiger partial charge in [-0.15, -0.1) is 6.42 Å². The van der Waals surface area contributed by atoms with Crippen LogP contribution in [0.4, 0.5) is 0 Å². The molecule has 1 nitrogen and oxygen atoms in total. The first-order valence-corrected chi connectivity index (χ1v) is 18.8. The molecule has 51 heavy (non-hydrogen) atoms. The SMILES string of the molecule is C#C/C=C\C(=C/C)c1ccc2c(c1C(C)C)c1c(-c3cc(C(C)(C)C)cc(C(C)(C)C)c3)cccc1n2-c1cc(C(C)(C)C)cc(C(C)(C)C)c1. The average molecular weight is 676 g/mol. The molecule has 0 fully saturated rings. The van der Waals surface area contributed by atoms with Crippen molar-refractivity contribution in [1.82, 2.24) is 4.57 Å². The maximum absolute atomic E-state index is 5.73. The van der Waals surface area contributed by atoms with E-state index in [1.165, 1.54) is 72.0 Å². The van der Waals surface area contributed by atoms with E-state index in [1.54, 1.807) is 0 Å². The Bertz CT molecular complexity index is 2140. The largest absolute Gasteiger partial charge is 0.309 e. The molecular weight excluding hydrogens is 615 g/mol. The summed E-state index contributed by atoms with van der Waals surface area (Å²) in [5.41, 5.74) is 15.4. The molecule has 1 aromatic heterocycles. The molecule has 5 aromatic rings. The molecule has 5 rings (SSSR count). The number of terminal acetylenes is 1. The Morgan fingerprint density at radius 2 is 1.14 bits per heavy atom. The maximum Gasteiger partial charge on any atom is 0.0547 e. The summed E-state index contributed by atoms with van der Waals surface area (Å²) in [5.74, 6) is 2.98. The second kappa shape index (κ2) is 13.4. The van der Waals surface area contributed by atoms with Gasteiger partial charge in [0.2, 0.25) is 0 Å². The van der Waals surface area contributed by atoms with E-state index in [9.17, 15) is 0 Å². The van der Waals surface area contributed by atoms with E-state index in [4.69, 9.17) is 6.42 Å². The number of allylic oxidation sites excluding steroid dienone is 4. The van der Waals surface area contributed by atoms with Crippen molar-refractivity contribution in [2.75, 3.05) is 0 Å². The summed E-state index contributed by atoms with van der Waals surface area (Å²) in [6.45, 7) is 34.7. The van der Waals surface area contributed by atoms with Gasteiger partial charge in [-0.1, -0.05) is 151 Å². The topological polar surface area (TPSA) is 4.93 Å². The van der Waals surface area contributed by atoms with E-state index in [-0.39, 0.29) is 27.6 Å². The summed E-state index contributed by atoms with van der Waals surface area (Å²) >= 11 is 0. The third-order valence-corrected chi connectivity index (χ3v) is 10.4. The smallest absolute Gasteiger partial charge is 0.0547 e. The van der Waals surface area contributed by atoms with Gasteiger partial charge in [-0.3, -0.25) is 0 Å². The number of rotatable bonds is 5. The van der Waals surface area contributed by atoms with E-state index in [1.807, 2.05) is 6.08 Å². The Morgan fingerprint density at radius 3 is 1.59 bits per heavy atom. The lowest BCUT2D eigenvalue weighted by molar-refractivity contribution is 0.567.